The number of halogens is 2. The number of likely N-dealkylation sites (N-methyl/N-ethyl adjacent to an activating group) is 1. The van der Waals surface area contributed by atoms with E-state index >= 15 is 4.39 Å². The van der Waals surface area contributed by atoms with Gasteiger partial charge in [0.1, 0.15) is 18.7 Å². The largest absolute Gasteiger partial charge is 0.381 e. The van der Waals surface area contributed by atoms with Crippen LogP contribution < -0.4 is 11.1 Å². The lowest BCUT2D eigenvalue weighted by molar-refractivity contribution is -0.899. The molecule has 2 amide bonds. The molecule has 0 radical (unpaired) electrons. The average Bonchev–Trinajstić information content (AvgIpc) is 3.18. The van der Waals surface area contributed by atoms with Crippen LogP contribution in [0.25, 0.3) is 5.65 Å². The first-order chi connectivity index (χ1) is 17.6. The molecule has 3 N–H and O–H groups in total. The minimum Gasteiger partial charge on any atom is -0.381 e. The van der Waals surface area contributed by atoms with Crippen molar-refractivity contribution in [3.8, 4) is 0 Å². The van der Waals surface area contributed by atoms with E-state index in [1.54, 1.807) is 0 Å². The van der Waals surface area contributed by atoms with Crippen molar-refractivity contribution >= 4 is 23.3 Å². The molecule has 3 aliphatic rings. The number of carbonyl (C=O) groups excluding carboxylic acids is 2. The fourth-order valence-corrected chi connectivity index (χ4v) is 6.04. The molecule has 3 fully saturated rings. The van der Waals surface area contributed by atoms with Gasteiger partial charge in [-0.25, -0.2) is 18.3 Å². The Morgan fingerprint density at radius 1 is 1.16 bits per heavy atom. The summed E-state index contributed by atoms with van der Waals surface area (Å²) in [5.41, 5.74) is 6.16. The third kappa shape index (κ3) is 5.25. The van der Waals surface area contributed by atoms with Crippen molar-refractivity contribution in [2.24, 2.45) is 5.92 Å². The number of likely N-dealkylation sites (tertiary alicyclic amines) is 2. The number of piperidine rings is 2. The SMILES string of the molecule is C[N+]1(C)CC(F)C(N2CCC(C(=O)N3CCOCC3)CC2)C(NC(=O)c2c(N)nn3cc(F)cnc23)C1. The molecule has 5 heterocycles. The Balaban J connectivity index is 1.31. The molecule has 11 nitrogen and oxygen atoms in total. The van der Waals surface area contributed by atoms with E-state index in [2.05, 4.69) is 20.3 Å². The Hall–Kier alpha value is -2.90. The number of carbonyl (C=O) groups is 2. The van der Waals surface area contributed by atoms with Gasteiger partial charge in [-0.3, -0.25) is 14.5 Å². The van der Waals surface area contributed by atoms with Gasteiger partial charge in [0, 0.05) is 19.0 Å². The van der Waals surface area contributed by atoms with Crippen LogP contribution in [0, 0.1) is 11.7 Å². The number of aromatic nitrogens is 3. The van der Waals surface area contributed by atoms with E-state index in [1.807, 2.05) is 19.0 Å². The van der Waals surface area contributed by atoms with E-state index < -0.39 is 30.0 Å². The summed E-state index contributed by atoms with van der Waals surface area (Å²) in [5.74, 6) is -1.13. The summed E-state index contributed by atoms with van der Waals surface area (Å²) in [6.07, 6.45) is 2.22. The summed E-state index contributed by atoms with van der Waals surface area (Å²) in [4.78, 5) is 34.3. The molecule has 3 aliphatic heterocycles. The molecule has 13 heteroatoms. The number of rotatable bonds is 4. The van der Waals surface area contributed by atoms with Crippen LogP contribution in [0.4, 0.5) is 14.6 Å². The average molecular weight is 522 g/mol. The molecular weight excluding hydrogens is 486 g/mol. The Labute approximate surface area is 214 Å². The highest BCUT2D eigenvalue weighted by Gasteiger charge is 2.47. The fraction of sp³-hybridized carbons (Fsp3) is 0.667. The lowest BCUT2D eigenvalue weighted by Crippen LogP contribution is -2.70. The number of hydrogen-bond donors (Lipinski definition) is 2. The number of quaternary nitrogens is 1. The number of hydrogen-bond acceptors (Lipinski definition) is 7. The molecule has 3 saturated heterocycles. The molecular formula is C24H35F2N8O3+. The van der Waals surface area contributed by atoms with Gasteiger partial charge >= 0.3 is 0 Å². The molecule has 0 aliphatic carbocycles. The van der Waals surface area contributed by atoms with Crippen molar-refractivity contribution in [2.75, 3.05) is 72.3 Å². The Morgan fingerprint density at radius 3 is 2.57 bits per heavy atom. The van der Waals surface area contributed by atoms with Crippen LogP contribution >= 0.6 is 0 Å². The lowest BCUT2D eigenvalue weighted by Gasteiger charge is -2.49. The van der Waals surface area contributed by atoms with E-state index in [-0.39, 0.29) is 28.9 Å². The van der Waals surface area contributed by atoms with E-state index in [0.29, 0.717) is 69.8 Å². The number of amides is 2. The first kappa shape index (κ1) is 25.7. The van der Waals surface area contributed by atoms with Gasteiger partial charge < -0.3 is 25.2 Å². The number of alkyl halides is 1. The van der Waals surface area contributed by atoms with Crippen molar-refractivity contribution < 1.29 is 27.6 Å². The van der Waals surface area contributed by atoms with Gasteiger partial charge in [0.15, 0.2) is 23.5 Å². The monoisotopic (exact) mass is 521 g/mol. The Morgan fingerprint density at radius 2 is 1.86 bits per heavy atom. The zero-order valence-corrected chi connectivity index (χ0v) is 21.3. The van der Waals surface area contributed by atoms with E-state index in [4.69, 9.17) is 10.5 Å². The first-order valence-electron chi connectivity index (χ1n) is 12.8. The van der Waals surface area contributed by atoms with E-state index in [9.17, 15) is 14.0 Å². The highest BCUT2D eigenvalue weighted by molar-refractivity contribution is 6.04. The van der Waals surface area contributed by atoms with Crippen LogP contribution in [0.5, 0.6) is 0 Å². The highest BCUT2D eigenvalue weighted by atomic mass is 19.1. The zero-order chi connectivity index (χ0) is 26.3. The van der Waals surface area contributed by atoms with Gasteiger partial charge in [-0.2, -0.15) is 0 Å². The van der Waals surface area contributed by atoms with Crippen molar-refractivity contribution in [2.45, 2.75) is 31.1 Å². The van der Waals surface area contributed by atoms with Crippen LogP contribution in [0.15, 0.2) is 12.4 Å². The van der Waals surface area contributed by atoms with Crippen LogP contribution in [0.3, 0.4) is 0 Å². The number of fused-ring (bicyclic) bond motifs is 1. The molecule has 202 valence electrons. The molecule has 3 atom stereocenters. The summed E-state index contributed by atoms with van der Waals surface area (Å²) >= 11 is 0. The number of nitrogen functional groups attached to an aromatic ring is 1. The number of nitrogens with one attached hydrogen (secondary N) is 1. The van der Waals surface area contributed by atoms with Crippen LogP contribution in [-0.4, -0.2) is 126 Å². The number of nitrogens with zero attached hydrogens (tertiary/aromatic N) is 6. The van der Waals surface area contributed by atoms with Gasteiger partial charge in [-0.1, -0.05) is 0 Å². The van der Waals surface area contributed by atoms with E-state index in [0.717, 1.165) is 16.9 Å². The topological polar surface area (TPSA) is 118 Å². The van der Waals surface area contributed by atoms with Crippen molar-refractivity contribution in [3.63, 3.8) is 0 Å². The minimum absolute atomic E-state index is 0.0415. The number of morpholine rings is 1. The standard InChI is InChI=1S/C24H34F2N8O3/c1-34(2)13-17(26)20(31-5-3-15(4-6-31)24(36)32-7-9-37-10-8-32)18(14-34)29-23(35)19-21(27)30-33-12-16(25)11-28-22(19)33/h11-12,15,17-18,20H,3-10,13-14H2,1-2H3,(H2-,27,29,30,35)/p+1. The first-order valence-corrected chi connectivity index (χ1v) is 12.8. The van der Waals surface area contributed by atoms with Crippen molar-refractivity contribution in [1.82, 2.24) is 29.7 Å². The molecule has 0 aromatic carbocycles. The molecule has 3 unspecified atom stereocenters. The van der Waals surface area contributed by atoms with Crippen molar-refractivity contribution in [3.05, 3.63) is 23.8 Å². The maximum Gasteiger partial charge on any atom is 0.259 e. The maximum absolute atomic E-state index is 15.7. The molecule has 0 saturated carbocycles. The summed E-state index contributed by atoms with van der Waals surface area (Å²) in [6, 6.07) is -1.05. The second-order valence-electron chi connectivity index (χ2n) is 10.9. The van der Waals surface area contributed by atoms with Crippen LogP contribution in [-0.2, 0) is 9.53 Å². The van der Waals surface area contributed by atoms with Crippen molar-refractivity contribution in [1.29, 1.82) is 0 Å². The highest BCUT2D eigenvalue weighted by Crippen LogP contribution is 2.29. The molecule has 0 spiro atoms. The third-order valence-corrected chi connectivity index (χ3v) is 7.78. The summed E-state index contributed by atoms with van der Waals surface area (Å²) in [6.45, 7) is 4.35. The normalized spacial score (nSPS) is 27.4. The second-order valence-corrected chi connectivity index (χ2v) is 10.9. The zero-order valence-electron chi connectivity index (χ0n) is 21.3. The second kappa shape index (κ2) is 10.1. The quantitative estimate of drug-likeness (QED) is 0.541. The predicted molar refractivity (Wildman–Crippen MR) is 131 cm³/mol. The predicted octanol–water partition coefficient (Wildman–Crippen LogP) is -0.0835. The van der Waals surface area contributed by atoms with Crippen LogP contribution in [0.2, 0.25) is 0 Å². The maximum atomic E-state index is 15.7. The Bertz CT molecular complexity index is 1160. The van der Waals surface area contributed by atoms with Gasteiger partial charge in [-0.05, 0) is 25.9 Å². The minimum atomic E-state index is -1.17. The fourth-order valence-electron chi connectivity index (χ4n) is 6.04. The summed E-state index contributed by atoms with van der Waals surface area (Å²) in [5, 5.41) is 7.00. The molecule has 0 bridgehead atoms. The molecule has 5 rings (SSSR count). The molecule has 37 heavy (non-hydrogen) atoms. The number of nitrogens with two attached hydrogens (primary N) is 1. The summed E-state index contributed by atoms with van der Waals surface area (Å²) in [7, 11) is 3.87. The van der Waals surface area contributed by atoms with Gasteiger partial charge in [0.2, 0.25) is 5.91 Å². The molecule has 2 aromatic rings. The van der Waals surface area contributed by atoms with Gasteiger partial charge in [0.25, 0.3) is 5.91 Å². The third-order valence-electron chi connectivity index (χ3n) is 7.78. The van der Waals surface area contributed by atoms with E-state index in [1.165, 1.54) is 0 Å². The van der Waals surface area contributed by atoms with Gasteiger partial charge in [-0.15, -0.1) is 5.10 Å². The molecule has 2 aromatic heterocycles. The lowest BCUT2D eigenvalue weighted by atomic mass is 9.89. The van der Waals surface area contributed by atoms with Crippen LogP contribution in [0.1, 0.15) is 23.2 Å². The smallest absolute Gasteiger partial charge is 0.259 e. The number of ether oxygens (including phenoxy) is 1. The Kier molecular flexibility index (Phi) is 7.03. The summed E-state index contributed by atoms with van der Waals surface area (Å²) < 4.78 is 36.2. The number of anilines is 1. The van der Waals surface area contributed by atoms with Gasteiger partial charge in [0.05, 0.1) is 51.8 Å².